The van der Waals surface area contributed by atoms with Crippen molar-refractivity contribution in [3.63, 3.8) is 0 Å². The Bertz CT molecular complexity index is 1080. The average molecular weight is 463 g/mol. The molecule has 0 spiro atoms. The molecule has 0 saturated heterocycles. The highest BCUT2D eigenvalue weighted by Crippen LogP contribution is 2.38. The molecule has 6 heteroatoms. The molecule has 2 amide bonds. The number of fused-ring (bicyclic) bond motifs is 1. The van der Waals surface area contributed by atoms with Crippen molar-refractivity contribution in [2.45, 2.75) is 12.6 Å². The molecule has 3 aromatic carbocycles. The molecule has 30 heavy (non-hydrogen) atoms. The smallest absolute Gasteiger partial charge is 0.415 e. The number of hydrogen-bond acceptors (Lipinski definition) is 3. The van der Waals surface area contributed by atoms with Crippen molar-refractivity contribution in [2.24, 2.45) is 0 Å². The number of anilines is 1. The number of benzene rings is 3. The van der Waals surface area contributed by atoms with E-state index in [1.54, 1.807) is 18.3 Å². The highest BCUT2D eigenvalue weighted by molar-refractivity contribution is 9.15. The molecular weight excluding hydrogens is 444 g/mol. The first-order valence-corrected chi connectivity index (χ1v) is 10.2. The SMILES string of the molecule is O=C(Nc1ccccc1)C1c2ccccc2C(Br)=CN1C(=O)OCc1ccccc1. The van der Waals surface area contributed by atoms with Crippen molar-refractivity contribution in [3.05, 3.63) is 108 Å². The predicted octanol–water partition coefficient (Wildman–Crippen LogP) is 5.71. The summed E-state index contributed by atoms with van der Waals surface area (Å²) < 4.78 is 6.21. The summed E-state index contributed by atoms with van der Waals surface area (Å²) in [5, 5.41) is 2.89. The Balaban J connectivity index is 1.62. The number of carbonyl (C=O) groups excluding carboxylic acids is 2. The summed E-state index contributed by atoms with van der Waals surface area (Å²) in [7, 11) is 0. The molecule has 0 saturated carbocycles. The summed E-state index contributed by atoms with van der Waals surface area (Å²) in [5.74, 6) is -0.318. The molecule has 1 aliphatic rings. The van der Waals surface area contributed by atoms with Crippen molar-refractivity contribution in [1.29, 1.82) is 0 Å². The van der Waals surface area contributed by atoms with Crippen molar-refractivity contribution in [2.75, 3.05) is 5.32 Å². The number of rotatable bonds is 4. The lowest BCUT2D eigenvalue weighted by Gasteiger charge is -2.32. The molecule has 4 rings (SSSR count). The minimum Gasteiger partial charge on any atom is -0.444 e. The Morgan fingerprint density at radius 1 is 0.900 bits per heavy atom. The number of para-hydroxylation sites is 1. The maximum absolute atomic E-state index is 13.2. The maximum atomic E-state index is 13.2. The van der Waals surface area contributed by atoms with Gasteiger partial charge < -0.3 is 10.1 Å². The topological polar surface area (TPSA) is 58.6 Å². The molecule has 1 atom stereocenters. The number of ether oxygens (including phenoxy) is 1. The van der Waals surface area contributed by atoms with Crippen LogP contribution in [-0.2, 0) is 16.1 Å². The standard InChI is InChI=1S/C24H19BrN2O3/c25-21-15-27(24(29)30-16-17-9-3-1-4-10-17)22(20-14-8-7-13-19(20)21)23(28)26-18-11-5-2-6-12-18/h1-15,22H,16H2,(H,26,28). The van der Waals surface area contributed by atoms with E-state index in [0.29, 0.717) is 10.2 Å². The Kier molecular flexibility index (Phi) is 5.95. The van der Waals surface area contributed by atoms with E-state index in [9.17, 15) is 9.59 Å². The van der Waals surface area contributed by atoms with Gasteiger partial charge in [0.2, 0.25) is 0 Å². The van der Waals surface area contributed by atoms with E-state index in [0.717, 1.165) is 16.7 Å². The minimum absolute atomic E-state index is 0.121. The van der Waals surface area contributed by atoms with Crippen LogP contribution in [0.3, 0.4) is 0 Å². The van der Waals surface area contributed by atoms with Gasteiger partial charge in [0, 0.05) is 16.4 Å². The molecule has 1 aliphatic heterocycles. The molecule has 0 aliphatic carbocycles. The van der Waals surface area contributed by atoms with E-state index in [1.165, 1.54) is 4.90 Å². The largest absolute Gasteiger partial charge is 0.444 e. The van der Waals surface area contributed by atoms with Crippen molar-refractivity contribution in [3.8, 4) is 0 Å². The second-order valence-corrected chi connectivity index (χ2v) is 7.62. The first-order valence-electron chi connectivity index (χ1n) is 9.45. The molecular formula is C24H19BrN2O3. The summed E-state index contributed by atoms with van der Waals surface area (Å²) >= 11 is 3.52. The van der Waals surface area contributed by atoms with Crippen LogP contribution in [0.25, 0.3) is 4.48 Å². The number of nitrogens with one attached hydrogen (secondary N) is 1. The zero-order valence-electron chi connectivity index (χ0n) is 16.0. The Morgan fingerprint density at radius 2 is 1.53 bits per heavy atom. The van der Waals surface area contributed by atoms with Crippen molar-refractivity contribution < 1.29 is 14.3 Å². The van der Waals surface area contributed by atoms with E-state index in [-0.39, 0.29) is 12.5 Å². The molecule has 0 aromatic heterocycles. The van der Waals surface area contributed by atoms with E-state index < -0.39 is 12.1 Å². The van der Waals surface area contributed by atoms with Crippen LogP contribution < -0.4 is 5.32 Å². The van der Waals surface area contributed by atoms with E-state index in [1.807, 2.05) is 72.8 Å². The van der Waals surface area contributed by atoms with Crippen LogP contribution in [0.1, 0.15) is 22.7 Å². The predicted molar refractivity (Wildman–Crippen MR) is 120 cm³/mol. The summed E-state index contributed by atoms with van der Waals surface area (Å²) in [5.41, 5.74) is 3.11. The van der Waals surface area contributed by atoms with Crippen LogP contribution in [-0.4, -0.2) is 16.9 Å². The van der Waals surface area contributed by atoms with Crippen LogP contribution in [0.15, 0.2) is 91.1 Å². The second-order valence-electron chi connectivity index (χ2n) is 6.77. The van der Waals surface area contributed by atoms with Crippen molar-refractivity contribution in [1.82, 2.24) is 4.90 Å². The van der Waals surface area contributed by atoms with E-state index >= 15 is 0 Å². The van der Waals surface area contributed by atoms with Gasteiger partial charge in [-0.3, -0.25) is 9.69 Å². The van der Waals surface area contributed by atoms with Gasteiger partial charge in [-0.2, -0.15) is 0 Å². The summed E-state index contributed by atoms with van der Waals surface area (Å²) in [6.07, 6.45) is 1.00. The third kappa shape index (κ3) is 4.28. The molecule has 0 radical (unpaired) electrons. The average Bonchev–Trinajstić information content (AvgIpc) is 2.78. The maximum Gasteiger partial charge on any atom is 0.415 e. The molecule has 1 unspecified atom stereocenters. The quantitative estimate of drug-likeness (QED) is 0.539. The fraction of sp³-hybridized carbons (Fsp3) is 0.0833. The summed E-state index contributed by atoms with van der Waals surface area (Å²) in [4.78, 5) is 27.5. The minimum atomic E-state index is -0.856. The lowest BCUT2D eigenvalue weighted by molar-refractivity contribution is -0.120. The highest BCUT2D eigenvalue weighted by Gasteiger charge is 2.36. The van der Waals surface area contributed by atoms with Gasteiger partial charge in [0.15, 0.2) is 0 Å². The number of hydrogen-bond donors (Lipinski definition) is 1. The van der Waals surface area contributed by atoms with Gasteiger partial charge in [0.25, 0.3) is 5.91 Å². The summed E-state index contributed by atoms with van der Waals surface area (Å²) in [6.45, 7) is 0.121. The molecule has 5 nitrogen and oxygen atoms in total. The van der Waals surface area contributed by atoms with Crippen LogP contribution >= 0.6 is 15.9 Å². The highest BCUT2D eigenvalue weighted by atomic mass is 79.9. The van der Waals surface area contributed by atoms with Gasteiger partial charge in [-0.05, 0) is 44.8 Å². The zero-order valence-corrected chi connectivity index (χ0v) is 17.6. The number of carbonyl (C=O) groups is 2. The third-order valence-corrected chi connectivity index (χ3v) is 5.38. The van der Waals surface area contributed by atoms with Gasteiger partial charge in [-0.15, -0.1) is 0 Å². The lowest BCUT2D eigenvalue weighted by Crippen LogP contribution is -2.40. The first-order chi connectivity index (χ1) is 14.6. The van der Waals surface area contributed by atoms with Gasteiger partial charge in [0.05, 0.1) is 0 Å². The lowest BCUT2D eigenvalue weighted by atomic mass is 9.95. The molecule has 0 bridgehead atoms. The van der Waals surface area contributed by atoms with Gasteiger partial charge >= 0.3 is 6.09 Å². The van der Waals surface area contributed by atoms with Crippen LogP contribution in [0, 0.1) is 0 Å². The van der Waals surface area contributed by atoms with Crippen LogP contribution in [0.5, 0.6) is 0 Å². The van der Waals surface area contributed by atoms with E-state index in [4.69, 9.17) is 4.74 Å². The van der Waals surface area contributed by atoms with Gasteiger partial charge in [-0.25, -0.2) is 4.79 Å². The Hall–Kier alpha value is -3.38. The summed E-state index contributed by atoms with van der Waals surface area (Å²) in [6, 6.07) is 25.2. The zero-order chi connectivity index (χ0) is 20.9. The number of halogens is 1. The normalized spacial score (nSPS) is 15.0. The van der Waals surface area contributed by atoms with Crippen LogP contribution in [0.4, 0.5) is 10.5 Å². The molecule has 0 fully saturated rings. The molecule has 1 N–H and O–H groups in total. The van der Waals surface area contributed by atoms with Gasteiger partial charge in [-0.1, -0.05) is 72.8 Å². The Morgan fingerprint density at radius 3 is 2.27 bits per heavy atom. The number of amides is 2. The van der Waals surface area contributed by atoms with Crippen molar-refractivity contribution >= 4 is 38.1 Å². The molecule has 3 aromatic rings. The third-order valence-electron chi connectivity index (χ3n) is 4.75. The Labute approximate surface area is 183 Å². The number of nitrogens with zero attached hydrogens (tertiary/aromatic N) is 1. The van der Waals surface area contributed by atoms with E-state index in [2.05, 4.69) is 21.2 Å². The fourth-order valence-electron chi connectivity index (χ4n) is 3.32. The first kappa shape index (κ1) is 19.9. The fourth-order valence-corrected chi connectivity index (χ4v) is 3.90. The monoisotopic (exact) mass is 462 g/mol. The molecule has 1 heterocycles. The van der Waals surface area contributed by atoms with Crippen LogP contribution in [0.2, 0.25) is 0 Å². The second kappa shape index (κ2) is 8.97. The van der Waals surface area contributed by atoms with Gasteiger partial charge in [0.1, 0.15) is 12.6 Å². The molecule has 150 valence electrons.